The van der Waals surface area contributed by atoms with Crippen LogP contribution in [0.4, 0.5) is 0 Å². The van der Waals surface area contributed by atoms with E-state index in [1.807, 2.05) is 26.1 Å². The summed E-state index contributed by atoms with van der Waals surface area (Å²) in [6.07, 6.45) is 1.93. The average Bonchev–Trinajstić information content (AvgIpc) is 2.44. The Labute approximate surface area is 131 Å². The molecule has 2 aromatic rings. The molecule has 0 spiro atoms. The van der Waals surface area contributed by atoms with Crippen LogP contribution < -0.4 is 4.40 Å². The van der Waals surface area contributed by atoms with Crippen LogP contribution in [0.1, 0.15) is 36.4 Å². The van der Waals surface area contributed by atoms with Crippen LogP contribution in [0.25, 0.3) is 11.3 Å². The first-order valence-electron chi connectivity index (χ1n) is 8.92. The Morgan fingerprint density at radius 2 is 1.80 bits per heavy atom. The molecular weight excluding hydrogens is 303 g/mol. The predicted molar refractivity (Wildman–Crippen MR) is 91.5 cm³/mol. The number of hydrogen-bond donors (Lipinski definition) is 0. The second-order valence-electron chi connectivity index (χ2n) is 6.44. The molecule has 0 aliphatic rings. The fraction of sp³-hybridized carbons (Fsp3) is 0.389. The summed E-state index contributed by atoms with van der Waals surface area (Å²) in [5.41, 5.74) is 3.02. The third-order valence-electron chi connectivity index (χ3n) is 3.43. The van der Waals surface area contributed by atoms with Gasteiger partial charge in [-0.05, 0) is 0 Å². The van der Waals surface area contributed by atoms with E-state index in [0.29, 0.717) is 5.56 Å². The Balaban J connectivity index is 2.53. The number of hydrogen-bond acceptors (Lipinski definition) is 1. The predicted octanol–water partition coefficient (Wildman–Crippen LogP) is 4.73. The molecule has 1 heterocycles. The Morgan fingerprint density at radius 1 is 1.15 bits per heavy atom. The SMILES string of the molecule is [2H]C([2H])([2H])c1ccc(-c2cc(C([2H])(C)C)[c]([Ge]([CH3])([CH3])[CH3])cn2)cc1. The molecule has 2 rings (SSSR count). The van der Waals surface area contributed by atoms with Crippen LogP contribution in [-0.4, -0.2) is 18.3 Å². The summed E-state index contributed by atoms with van der Waals surface area (Å²) in [4.78, 5) is 4.60. The van der Waals surface area contributed by atoms with Crippen LogP contribution in [0, 0.1) is 6.85 Å². The summed E-state index contributed by atoms with van der Waals surface area (Å²) in [7, 11) is 0. The van der Waals surface area contributed by atoms with Crippen LogP contribution in [-0.2, 0) is 0 Å². The van der Waals surface area contributed by atoms with E-state index in [2.05, 4.69) is 22.3 Å². The summed E-state index contributed by atoms with van der Waals surface area (Å²) >= 11 is -2.13. The zero-order valence-corrected chi connectivity index (χ0v) is 15.0. The molecule has 0 N–H and O–H groups in total. The van der Waals surface area contributed by atoms with Gasteiger partial charge in [-0.2, -0.15) is 0 Å². The van der Waals surface area contributed by atoms with E-state index < -0.39 is 26.0 Å². The first kappa shape index (κ1) is 10.6. The number of aryl methyl sites for hydroxylation is 1. The number of nitrogens with zero attached hydrogens (tertiary/aromatic N) is 1. The van der Waals surface area contributed by atoms with Crippen LogP contribution in [0.5, 0.6) is 0 Å². The second-order valence-corrected chi connectivity index (χ2v) is 17.0. The fourth-order valence-electron chi connectivity index (χ4n) is 2.27. The van der Waals surface area contributed by atoms with Gasteiger partial charge in [0.05, 0.1) is 0 Å². The number of aromatic nitrogens is 1. The standard InChI is InChI=1S/C18H25GeN/c1-13(2)16-11-18(15-9-7-14(3)8-10-15)20-12-17(16)19(4,5)6/h7-13H,1-6H3/i3D3,13D. The first-order chi connectivity index (χ1) is 10.8. The van der Waals surface area contributed by atoms with E-state index in [4.69, 9.17) is 5.48 Å². The molecule has 0 bridgehead atoms. The number of rotatable bonds is 3. The summed E-state index contributed by atoms with van der Waals surface area (Å²) in [5, 5.41) is 0. The average molecular weight is 332 g/mol. The van der Waals surface area contributed by atoms with E-state index in [1.54, 1.807) is 24.3 Å². The molecule has 106 valence electrons. The van der Waals surface area contributed by atoms with E-state index in [9.17, 15) is 0 Å². The molecule has 0 radical (unpaired) electrons. The third kappa shape index (κ3) is 3.32. The molecular formula is C18H25GeN. The minimum absolute atomic E-state index is 0.327. The van der Waals surface area contributed by atoms with E-state index >= 15 is 0 Å². The normalized spacial score (nSPS) is 16.1. The van der Waals surface area contributed by atoms with Crippen molar-refractivity contribution in [2.24, 2.45) is 0 Å². The molecule has 0 saturated heterocycles. The summed E-state index contributed by atoms with van der Waals surface area (Å²) in [6, 6.07) is 8.85. The van der Waals surface area contributed by atoms with Crippen molar-refractivity contribution < 1.29 is 5.48 Å². The van der Waals surface area contributed by atoms with Gasteiger partial charge in [-0.15, -0.1) is 0 Å². The Kier molecular flexibility index (Phi) is 3.04. The van der Waals surface area contributed by atoms with Gasteiger partial charge in [0.1, 0.15) is 0 Å². The van der Waals surface area contributed by atoms with Crippen LogP contribution in [0.3, 0.4) is 0 Å². The van der Waals surface area contributed by atoms with Crippen LogP contribution in [0.2, 0.25) is 17.3 Å². The summed E-state index contributed by atoms with van der Waals surface area (Å²) in [5.74, 6) is 6.22. The zero-order valence-electron chi connectivity index (χ0n) is 16.9. The molecule has 0 aliphatic heterocycles. The Morgan fingerprint density at radius 3 is 2.30 bits per heavy atom. The van der Waals surface area contributed by atoms with Crippen molar-refractivity contribution in [3.05, 3.63) is 47.7 Å². The quantitative estimate of drug-likeness (QED) is 0.741. The van der Waals surface area contributed by atoms with Crippen molar-refractivity contribution in [3.8, 4) is 11.3 Å². The van der Waals surface area contributed by atoms with Gasteiger partial charge >= 0.3 is 131 Å². The number of pyridine rings is 1. The zero-order chi connectivity index (χ0) is 18.3. The first-order valence-corrected chi connectivity index (χ1v) is 14.3. The van der Waals surface area contributed by atoms with Gasteiger partial charge in [-0.3, -0.25) is 0 Å². The van der Waals surface area contributed by atoms with Crippen molar-refractivity contribution in [2.75, 3.05) is 0 Å². The van der Waals surface area contributed by atoms with Crippen LogP contribution >= 0.6 is 0 Å². The molecule has 0 fully saturated rings. The van der Waals surface area contributed by atoms with Gasteiger partial charge in [0.25, 0.3) is 0 Å². The van der Waals surface area contributed by atoms with Crippen molar-refractivity contribution in [3.63, 3.8) is 0 Å². The molecule has 1 aromatic carbocycles. The second kappa shape index (κ2) is 5.73. The van der Waals surface area contributed by atoms with E-state index in [1.165, 1.54) is 4.40 Å². The molecule has 0 aliphatic carbocycles. The van der Waals surface area contributed by atoms with Gasteiger partial charge in [-0.1, -0.05) is 0 Å². The maximum absolute atomic E-state index is 8.50. The van der Waals surface area contributed by atoms with Gasteiger partial charge < -0.3 is 0 Å². The van der Waals surface area contributed by atoms with Crippen LogP contribution in [0.15, 0.2) is 36.5 Å². The Hall–Kier alpha value is -1.09. The van der Waals surface area contributed by atoms with Crippen molar-refractivity contribution in [1.82, 2.24) is 4.98 Å². The monoisotopic (exact) mass is 333 g/mol. The Bertz CT molecular complexity index is 723. The van der Waals surface area contributed by atoms with Gasteiger partial charge in [0, 0.05) is 0 Å². The molecule has 20 heavy (non-hydrogen) atoms. The van der Waals surface area contributed by atoms with Crippen molar-refractivity contribution >= 4 is 17.7 Å². The van der Waals surface area contributed by atoms with Gasteiger partial charge in [0.2, 0.25) is 0 Å². The van der Waals surface area contributed by atoms with E-state index in [0.717, 1.165) is 16.8 Å². The minimum atomic E-state index is -2.13. The fourth-order valence-corrected chi connectivity index (χ4v) is 5.58. The van der Waals surface area contributed by atoms with Gasteiger partial charge in [-0.25, -0.2) is 0 Å². The molecule has 0 amide bonds. The van der Waals surface area contributed by atoms with Crippen molar-refractivity contribution in [1.29, 1.82) is 0 Å². The maximum atomic E-state index is 8.50. The number of benzene rings is 1. The molecule has 1 aromatic heterocycles. The molecule has 0 unspecified atom stereocenters. The summed E-state index contributed by atoms with van der Waals surface area (Å²) < 4.78 is 32.1. The molecule has 0 atom stereocenters. The summed E-state index contributed by atoms with van der Waals surface area (Å²) in [6.45, 7) is 1.71. The topological polar surface area (TPSA) is 12.9 Å². The molecule has 1 nitrogen and oxygen atoms in total. The van der Waals surface area contributed by atoms with E-state index in [-0.39, 0.29) is 0 Å². The molecule has 0 saturated carbocycles. The molecule has 2 heteroatoms. The third-order valence-corrected chi connectivity index (χ3v) is 7.66. The van der Waals surface area contributed by atoms with Crippen molar-refractivity contribution in [2.45, 2.75) is 43.9 Å². The van der Waals surface area contributed by atoms with Gasteiger partial charge in [0.15, 0.2) is 0 Å².